The highest BCUT2D eigenvalue weighted by molar-refractivity contribution is 5.95. The van der Waals surface area contributed by atoms with Crippen LogP contribution in [0.1, 0.15) is 49.9 Å². The highest BCUT2D eigenvalue weighted by atomic mass is 16.2. The normalized spacial score (nSPS) is 15.0. The molecule has 0 bridgehead atoms. The molecule has 2 aromatic heterocycles. The van der Waals surface area contributed by atoms with E-state index in [-0.39, 0.29) is 12.1 Å². The molecule has 1 aliphatic carbocycles. The number of aryl methyl sites for hydroxylation is 3. The molecule has 1 aliphatic rings. The van der Waals surface area contributed by atoms with E-state index in [1.165, 1.54) is 19.3 Å². The molecule has 1 fully saturated rings. The number of imidazole rings is 1. The van der Waals surface area contributed by atoms with Crippen molar-refractivity contribution >= 4 is 22.6 Å². The topological polar surface area (TPSA) is 78.8 Å². The third-order valence-electron chi connectivity index (χ3n) is 5.94. The van der Waals surface area contributed by atoms with Crippen LogP contribution >= 0.6 is 0 Å². The number of benzene rings is 1. The number of aromatic nitrogens is 4. The summed E-state index contributed by atoms with van der Waals surface area (Å²) in [4.78, 5) is 19.3. The van der Waals surface area contributed by atoms with E-state index in [0.29, 0.717) is 6.54 Å². The molecule has 0 radical (unpaired) electrons. The molecule has 1 saturated carbocycles. The summed E-state index contributed by atoms with van der Waals surface area (Å²) in [6.45, 7) is 5.56. The minimum absolute atomic E-state index is 0.00846. The predicted octanol–water partition coefficient (Wildman–Crippen LogP) is 4.32. The van der Waals surface area contributed by atoms with E-state index in [4.69, 9.17) is 0 Å². The molecule has 2 amide bonds. The fourth-order valence-electron chi connectivity index (χ4n) is 4.27. The van der Waals surface area contributed by atoms with Crippen LogP contribution in [-0.2, 0) is 6.54 Å². The average Bonchev–Trinajstić information content (AvgIpc) is 3.31. The quantitative estimate of drug-likeness (QED) is 0.611. The summed E-state index contributed by atoms with van der Waals surface area (Å²) >= 11 is 0. The largest absolute Gasteiger partial charge is 0.338 e. The number of rotatable bonds is 6. The zero-order valence-corrected chi connectivity index (χ0v) is 17.3. The maximum atomic E-state index is 13.2. The van der Waals surface area contributed by atoms with Crippen molar-refractivity contribution in [3.8, 4) is 0 Å². The number of hydrogen-bond donors (Lipinski definition) is 2. The molecule has 0 unspecified atom stereocenters. The van der Waals surface area contributed by atoms with E-state index < -0.39 is 0 Å². The van der Waals surface area contributed by atoms with Gasteiger partial charge in [-0.2, -0.15) is 5.10 Å². The Labute approximate surface area is 171 Å². The lowest BCUT2D eigenvalue weighted by Crippen LogP contribution is -2.47. The van der Waals surface area contributed by atoms with E-state index in [9.17, 15) is 4.79 Å². The van der Waals surface area contributed by atoms with Crippen LogP contribution in [0.5, 0.6) is 0 Å². The molecule has 29 heavy (non-hydrogen) atoms. The second-order valence-corrected chi connectivity index (χ2v) is 8.03. The van der Waals surface area contributed by atoms with E-state index >= 15 is 0 Å². The fourth-order valence-corrected chi connectivity index (χ4v) is 4.27. The Morgan fingerprint density at radius 1 is 1.28 bits per heavy atom. The lowest BCUT2D eigenvalue weighted by molar-refractivity contribution is 0.241. The first-order valence-electron chi connectivity index (χ1n) is 10.6. The minimum Gasteiger partial charge on any atom is -0.338 e. The van der Waals surface area contributed by atoms with Gasteiger partial charge >= 0.3 is 6.03 Å². The van der Waals surface area contributed by atoms with Gasteiger partial charge in [-0.15, -0.1) is 0 Å². The van der Waals surface area contributed by atoms with Gasteiger partial charge in [0.05, 0.1) is 11.8 Å². The average molecular weight is 395 g/mol. The monoisotopic (exact) mass is 394 g/mol. The van der Waals surface area contributed by atoms with Crippen LogP contribution in [0.2, 0.25) is 0 Å². The number of carbonyl (C=O) groups excluding carboxylic acids is 1. The Bertz CT molecular complexity index is 969. The fraction of sp³-hybridized carbons (Fsp3) is 0.500. The zero-order valence-electron chi connectivity index (χ0n) is 17.3. The number of urea groups is 1. The molecule has 0 atom stereocenters. The van der Waals surface area contributed by atoms with Crippen LogP contribution in [0.25, 0.3) is 10.9 Å². The van der Waals surface area contributed by atoms with Crippen molar-refractivity contribution in [3.63, 3.8) is 0 Å². The highest BCUT2D eigenvalue weighted by Crippen LogP contribution is 2.30. The van der Waals surface area contributed by atoms with Gasteiger partial charge in [0.25, 0.3) is 0 Å². The van der Waals surface area contributed by atoms with E-state index in [2.05, 4.69) is 31.1 Å². The molecule has 7 heteroatoms. The van der Waals surface area contributed by atoms with Gasteiger partial charge in [0.15, 0.2) is 0 Å². The number of anilines is 1. The third kappa shape index (κ3) is 4.28. The smallest absolute Gasteiger partial charge is 0.322 e. The number of amides is 2. The Kier molecular flexibility index (Phi) is 5.83. The molecule has 0 spiro atoms. The van der Waals surface area contributed by atoms with Gasteiger partial charge in [0.2, 0.25) is 0 Å². The number of hydrogen-bond acceptors (Lipinski definition) is 3. The lowest BCUT2D eigenvalue weighted by atomic mass is 9.94. The predicted molar refractivity (Wildman–Crippen MR) is 115 cm³/mol. The van der Waals surface area contributed by atoms with Gasteiger partial charge in [0, 0.05) is 47.8 Å². The molecule has 2 N–H and O–H groups in total. The van der Waals surface area contributed by atoms with Gasteiger partial charge in [-0.1, -0.05) is 19.3 Å². The molecule has 4 rings (SSSR count). The van der Waals surface area contributed by atoms with E-state index in [1.807, 2.05) is 43.4 Å². The zero-order chi connectivity index (χ0) is 20.2. The highest BCUT2D eigenvalue weighted by Gasteiger charge is 2.27. The summed E-state index contributed by atoms with van der Waals surface area (Å²) in [6, 6.07) is 6.38. The lowest BCUT2D eigenvalue weighted by Gasteiger charge is -2.34. The first kappa shape index (κ1) is 19.5. The summed E-state index contributed by atoms with van der Waals surface area (Å²) < 4.78 is 2.11. The van der Waals surface area contributed by atoms with Crippen molar-refractivity contribution in [2.45, 2.75) is 65.0 Å². The van der Waals surface area contributed by atoms with Crippen LogP contribution in [0.15, 0.2) is 30.7 Å². The molecule has 1 aromatic carbocycles. The number of fused-ring (bicyclic) bond motifs is 1. The van der Waals surface area contributed by atoms with Gasteiger partial charge in [-0.3, -0.25) is 10.00 Å². The van der Waals surface area contributed by atoms with Crippen molar-refractivity contribution in [1.82, 2.24) is 25.1 Å². The Morgan fingerprint density at radius 3 is 2.86 bits per heavy atom. The van der Waals surface area contributed by atoms with Crippen molar-refractivity contribution in [1.29, 1.82) is 0 Å². The molecule has 154 valence electrons. The number of H-pyrrole nitrogens is 1. The summed E-state index contributed by atoms with van der Waals surface area (Å²) in [6.07, 6.45) is 10.3. The molecule has 2 heterocycles. The number of aromatic amines is 1. The van der Waals surface area contributed by atoms with Crippen LogP contribution in [-0.4, -0.2) is 38.4 Å². The maximum absolute atomic E-state index is 13.2. The Hall–Kier alpha value is -2.83. The summed E-state index contributed by atoms with van der Waals surface area (Å²) in [5, 5.41) is 11.7. The molecule has 3 aromatic rings. The van der Waals surface area contributed by atoms with E-state index in [0.717, 1.165) is 53.8 Å². The van der Waals surface area contributed by atoms with Crippen LogP contribution < -0.4 is 10.2 Å². The Balaban J connectivity index is 1.46. The SMILES string of the molecule is Cc1[nH]nc2cc(N(C(=O)NCCCn3cncc3C)C3CCCCC3)ccc12. The third-order valence-corrected chi connectivity index (χ3v) is 5.94. The van der Waals surface area contributed by atoms with Crippen LogP contribution in [0.3, 0.4) is 0 Å². The van der Waals surface area contributed by atoms with Gasteiger partial charge in [-0.25, -0.2) is 9.78 Å². The van der Waals surface area contributed by atoms with Crippen LogP contribution in [0.4, 0.5) is 10.5 Å². The first-order chi connectivity index (χ1) is 14.1. The van der Waals surface area contributed by atoms with Gasteiger partial charge < -0.3 is 9.88 Å². The van der Waals surface area contributed by atoms with Crippen molar-refractivity contribution in [2.24, 2.45) is 0 Å². The number of nitrogens with zero attached hydrogens (tertiary/aromatic N) is 4. The van der Waals surface area contributed by atoms with E-state index in [1.54, 1.807) is 0 Å². The molecular weight excluding hydrogens is 364 g/mol. The summed E-state index contributed by atoms with van der Waals surface area (Å²) in [5.41, 5.74) is 4.03. The van der Waals surface area contributed by atoms with Gasteiger partial charge in [0.1, 0.15) is 0 Å². The van der Waals surface area contributed by atoms with Crippen molar-refractivity contribution < 1.29 is 4.79 Å². The minimum atomic E-state index is -0.00846. The molecule has 0 aliphatic heterocycles. The second-order valence-electron chi connectivity index (χ2n) is 8.03. The molecule has 7 nitrogen and oxygen atoms in total. The number of nitrogens with one attached hydrogen (secondary N) is 2. The van der Waals surface area contributed by atoms with Crippen molar-refractivity contribution in [2.75, 3.05) is 11.4 Å². The van der Waals surface area contributed by atoms with Crippen molar-refractivity contribution in [3.05, 3.63) is 42.1 Å². The Morgan fingerprint density at radius 2 is 2.10 bits per heavy atom. The molecule has 0 saturated heterocycles. The van der Waals surface area contributed by atoms with Gasteiger partial charge in [-0.05, 0) is 51.3 Å². The summed E-state index contributed by atoms with van der Waals surface area (Å²) in [5.74, 6) is 0. The second kappa shape index (κ2) is 8.68. The molecular formula is C22H30N6O. The maximum Gasteiger partial charge on any atom is 0.322 e. The summed E-state index contributed by atoms with van der Waals surface area (Å²) in [7, 11) is 0. The number of carbonyl (C=O) groups is 1. The standard InChI is InChI=1S/C22H30N6O/c1-16-14-23-15-27(16)12-6-11-24-22(29)28(18-7-4-3-5-8-18)19-9-10-20-17(2)25-26-21(20)13-19/h9-10,13-15,18H,3-8,11-12H2,1-2H3,(H,24,29)(H,25,26). The first-order valence-corrected chi connectivity index (χ1v) is 10.6. The van der Waals surface area contributed by atoms with Crippen LogP contribution in [0, 0.1) is 13.8 Å².